The zero-order chi connectivity index (χ0) is 15.4. The molecule has 22 heavy (non-hydrogen) atoms. The van der Waals surface area contributed by atoms with Crippen LogP contribution in [0.2, 0.25) is 0 Å². The monoisotopic (exact) mass is 291 g/mol. The molecule has 0 spiro atoms. The van der Waals surface area contributed by atoms with Crippen molar-refractivity contribution < 1.29 is 9.53 Å². The Kier molecular flexibility index (Phi) is 3.87. The first-order valence-corrected chi connectivity index (χ1v) is 6.71. The molecule has 0 bridgehead atoms. The van der Waals surface area contributed by atoms with E-state index in [2.05, 4.69) is 15.0 Å². The van der Waals surface area contributed by atoms with Crippen molar-refractivity contribution in [2.45, 2.75) is 0 Å². The largest absolute Gasteiger partial charge is 0.465 e. The van der Waals surface area contributed by atoms with Crippen molar-refractivity contribution >= 4 is 5.97 Å². The van der Waals surface area contributed by atoms with Crippen LogP contribution in [-0.4, -0.2) is 28.0 Å². The molecule has 108 valence electrons. The first-order valence-electron chi connectivity index (χ1n) is 6.71. The number of nitrogens with zero attached hydrogens (tertiary/aromatic N) is 3. The maximum atomic E-state index is 11.9. The first-order chi connectivity index (χ1) is 10.8. The number of hydrogen-bond donors (Lipinski definition) is 0. The summed E-state index contributed by atoms with van der Waals surface area (Å²) in [4.78, 5) is 25.0. The Hall–Kier alpha value is -3.08. The smallest absolute Gasteiger partial charge is 0.338 e. The molecule has 0 N–H and O–H groups in total. The van der Waals surface area contributed by atoms with Gasteiger partial charge in [-0.05, 0) is 36.4 Å². The van der Waals surface area contributed by atoms with E-state index in [0.29, 0.717) is 28.3 Å². The summed E-state index contributed by atoms with van der Waals surface area (Å²) in [6.45, 7) is 0. The molecule has 3 heterocycles. The molecule has 0 amide bonds. The van der Waals surface area contributed by atoms with Gasteiger partial charge in [0.1, 0.15) is 0 Å². The third-order valence-electron chi connectivity index (χ3n) is 3.10. The van der Waals surface area contributed by atoms with Gasteiger partial charge >= 0.3 is 5.97 Å². The van der Waals surface area contributed by atoms with Crippen LogP contribution in [0, 0.1) is 0 Å². The molecule has 0 aliphatic carbocycles. The highest BCUT2D eigenvalue weighted by Crippen LogP contribution is 2.22. The standard InChI is InChI=1S/C17H13N3O2/c1-22-17(21)12-10-15(13-6-2-4-8-18-13)20-16(11-12)14-7-3-5-9-19-14/h2-11H,1H3. The van der Waals surface area contributed by atoms with Gasteiger partial charge in [0.2, 0.25) is 0 Å². The fourth-order valence-electron chi connectivity index (χ4n) is 2.06. The molecular weight excluding hydrogens is 278 g/mol. The van der Waals surface area contributed by atoms with Gasteiger partial charge in [-0.25, -0.2) is 9.78 Å². The second-order valence-corrected chi connectivity index (χ2v) is 4.55. The van der Waals surface area contributed by atoms with E-state index in [4.69, 9.17) is 4.74 Å². The lowest BCUT2D eigenvalue weighted by Crippen LogP contribution is -2.04. The first kappa shape index (κ1) is 13.9. The zero-order valence-electron chi connectivity index (χ0n) is 11.9. The van der Waals surface area contributed by atoms with Crippen molar-refractivity contribution in [1.29, 1.82) is 0 Å². The lowest BCUT2D eigenvalue weighted by Gasteiger charge is -2.07. The molecule has 0 aromatic carbocycles. The number of rotatable bonds is 3. The van der Waals surface area contributed by atoms with Crippen LogP contribution in [0.15, 0.2) is 60.9 Å². The minimum Gasteiger partial charge on any atom is -0.465 e. The van der Waals surface area contributed by atoms with Crippen LogP contribution in [0.3, 0.4) is 0 Å². The molecule has 5 heteroatoms. The van der Waals surface area contributed by atoms with E-state index in [-0.39, 0.29) is 0 Å². The Labute approximate surface area is 127 Å². The Morgan fingerprint density at radius 2 is 1.41 bits per heavy atom. The molecule has 0 saturated heterocycles. The van der Waals surface area contributed by atoms with Crippen LogP contribution in [0.25, 0.3) is 22.8 Å². The summed E-state index contributed by atoms with van der Waals surface area (Å²) >= 11 is 0. The molecule has 0 aliphatic rings. The summed E-state index contributed by atoms with van der Waals surface area (Å²) < 4.78 is 4.81. The molecule has 0 atom stereocenters. The number of aromatic nitrogens is 3. The quantitative estimate of drug-likeness (QED) is 0.694. The normalized spacial score (nSPS) is 10.2. The summed E-state index contributed by atoms with van der Waals surface area (Å²) in [6, 6.07) is 14.4. The number of pyridine rings is 3. The maximum absolute atomic E-state index is 11.9. The second-order valence-electron chi connectivity index (χ2n) is 4.55. The summed E-state index contributed by atoms with van der Waals surface area (Å²) in [5, 5.41) is 0. The summed E-state index contributed by atoms with van der Waals surface area (Å²) in [7, 11) is 1.35. The van der Waals surface area contributed by atoms with E-state index >= 15 is 0 Å². The molecule has 3 aromatic rings. The zero-order valence-corrected chi connectivity index (χ0v) is 11.9. The number of esters is 1. The van der Waals surface area contributed by atoms with Crippen LogP contribution >= 0.6 is 0 Å². The Morgan fingerprint density at radius 3 is 1.82 bits per heavy atom. The lowest BCUT2D eigenvalue weighted by atomic mass is 10.1. The third kappa shape index (κ3) is 2.83. The summed E-state index contributed by atoms with van der Waals surface area (Å²) in [6.07, 6.45) is 3.37. The predicted octanol–water partition coefficient (Wildman–Crippen LogP) is 2.99. The van der Waals surface area contributed by atoms with Gasteiger partial charge in [0, 0.05) is 12.4 Å². The highest BCUT2D eigenvalue weighted by Gasteiger charge is 2.13. The van der Waals surface area contributed by atoms with Crippen molar-refractivity contribution in [1.82, 2.24) is 15.0 Å². The Morgan fingerprint density at radius 1 is 0.864 bits per heavy atom. The van der Waals surface area contributed by atoms with E-state index in [1.54, 1.807) is 24.5 Å². The third-order valence-corrected chi connectivity index (χ3v) is 3.10. The maximum Gasteiger partial charge on any atom is 0.338 e. The van der Waals surface area contributed by atoms with Crippen molar-refractivity contribution in [3.05, 3.63) is 66.5 Å². The van der Waals surface area contributed by atoms with Gasteiger partial charge in [0.05, 0.1) is 35.4 Å². The fourth-order valence-corrected chi connectivity index (χ4v) is 2.06. The van der Waals surface area contributed by atoms with Crippen LogP contribution in [0.1, 0.15) is 10.4 Å². The molecule has 0 radical (unpaired) electrons. The van der Waals surface area contributed by atoms with Crippen molar-refractivity contribution in [3.8, 4) is 22.8 Å². The van der Waals surface area contributed by atoms with Crippen LogP contribution in [0.4, 0.5) is 0 Å². The van der Waals surface area contributed by atoms with Crippen molar-refractivity contribution in [2.24, 2.45) is 0 Å². The van der Waals surface area contributed by atoms with E-state index in [0.717, 1.165) is 0 Å². The minimum atomic E-state index is -0.420. The van der Waals surface area contributed by atoms with E-state index in [1.807, 2.05) is 36.4 Å². The summed E-state index contributed by atoms with van der Waals surface area (Å²) in [5.41, 5.74) is 2.99. The van der Waals surface area contributed by atoms with Gasteiger partial charge in [-0.3, -0.25) is 9.97 Å². The van der Waals surface area contributed by atoms with Gasteiger partial charge in [0.25, 0.3) is 0 Å². The topological polar surface area (TPSA) is 65.0 Å². The highest BCUT2D eigenvalue weighted by atomic mass is 16.5. The average Bonchev–Trinajstić information content (AvgIpc) is 2.62. The van der Waals surface area contributed by atoms with Gasteiger partial charge in [0.15, 0.2) is 0 Å². The van der Waals surface area contributed by atoms with E-state index in [9.17, 15) is 4.79 Å². The predicted molar refractivity (Wildman–Crippen MR) is 82.0 cm³/mol. The van der Waals surface area contributed by atoms with Crippen LogP contribution in [-0.2, 0) is 4.74 Å². The molecule has 0 fully saturated rings. The Balaban J connectivity index is 2.17. The average molecular weight is 291 g/mol. The van der Waals surface area contributed by atoms with Crippen molar-refractivity contribution in [2.75, 3.05) is 7.11 Å². The second kappa shape index (κ2) is 6.13. The summed E-state index contributed by atoms with van der Waals surface area (Å²) in [5.74, 6) is -0.420. The van der Waals surface area contributed by atoms with Gasteiger partial charge in [-0.1, -0.05) is 12.1 Å². The molecule has 5 nitrogen and oxygen atoms in total. The van der Waals surface area contributed by atoms with Crippen LogP contribution < -0.4 is 0 Å². The number of carbonyl (C=O) groups excluding carboxylic acids is 1. The molecule has 0 saturated carbocycles. The van der Waals surface area contributed by atoms with E-state index in [1.165, 1.54) is 7.11 Å². The molecule has 0 unspecified atom stereocenters. The van der Waals surface area contributed by atoms with Gasteiger partial charge < -0.3 is 4.74 Å². The number of methoxy groups -OCH3 is 1. The highest BCUT2D eigenvalue weighted by molar-refractivity contribution is 5.91. The number of carbonyl (C=O) groups is 1. The number of ether oxygens (including phenoxy) is 1. The van der Waals surface area contributed by atoms with E-state index < -0.39 is 5.97 Å². The minimum absolute atomic E-state index is 0.416. The molecular formula is C17H13N3O2. The lowest BCUT2D eigenvalue weighted by molar-refractivity contribution is 0.0600. The van der Waals surface area contributed by atoms with Crippen LogP contribution in [0.5, 0.6) is 0 Å². The molecule has 0 aliphatic heterocycles. The molecule has 3 rings (SSSR count). The van der Waals surface area contributed by atoms with Gasteiger partial charge in [-0.2, -0.15) is 0 Å². The SMILES string of the molecule is COC(=O)c1cc(-c2ccccn2)nc(-c2ccccn2)c1. The molecule has 3 aromatic heterocycles. The Bertz CT molecular complexity index is 732. The van der Waals surface area contributed by atoms with Crippen molar-refractivity contribution in [3.63, 3.8) is 0 Å². The fraction of sp³-hybridized carbons (Fsp3) is 0.0588. The number of hydrogen-bond acceptors (Lipinski definition) is 5. The van der Waals surface area contributed by atoms with Gasteiger partial charge in [-0.15, -0.1) is 0 Å².